The van der Waals surface area contributed by atoms with Gasteiger partial charge in [0, 0.05) is 0 Å². The summed E-state index contributed by atoms with van der Waals surface area (Å²) in [6, 6.07) is 0. The van der Waals surface area contributed by atoms with E-state index in [1.807, 2.05) is 6.92 Å². The number of rotatable bonds is 1. The zero-order valence-electron chi connectivity index (χ0n) is 7.03. The Morgan fingerprint density at radius 1 is 1.22 bits per heavy atom. The Hall–Kier alpha value is 0.726. The summed E-state index contributed by atoms with van der Waals surface area (Å²) in [6.45, 7) is 8.19. The fraction of sp³-hybridized carbons (Fsp3) is 0.857. The van der Waals surface area contributed by atoms with Crippen LogP contribution in [0.15, 0.2) is 0 Å². The number of hydrogen-bond donors (Lipinski definition) is 0. The van der Waals surface area contributed by atoms with Gasteiger partial charge in [-0.3, -0.25) is 0 Å². The molecule has 0 radical (unpaired) electrons. The molecule has 0 atom stereocenters. The quantitative estimate of drug-likeness (QED) is 0.394. The van der Waals surface area contributed by atoms with E-state index in [4.69, 9.17) is 0 Å². The van der Waals surface area contributed by atoms with Gasteiger partial charge in [-0.1, -0.05) is 13.3 Å². The van der Waals surface area contributed by atoms with Crippen LogP contribution in [0, 0.1) is 5.92 Å². The van der Waals surface area contributed by atoms with E-state index in [0.717, 1.165) is 6.42 Å². The predicted molar refractivity (Wildman–Crippen MR) is 41.2 cm³/mol. The summed E-state index contributed by atoms with van der Waals surface area (Å²) in [6.07, 6.45) is 0.764. The molecule has 0 aromatic rings. The van der Waals surface area contributed by atoms with Gasteiger partial charge in [-0.05, 0) is 0 Å². The molecule has 0 saturated heterocycles. The normalized spacial score (nSPS) is 7.33. The molecule has 0 aromatic carbocycles. The summed E-state index contributed by atoms with van der Waals surface area (Å²) in [5, 5.41) is 9.30. The maximum absolute atomic E-state index is 9.30. The van der Waals surface area contributed by atoms with Gasteiger partial charge >= 0.3 is 23.1 Å². The van der Waals surface area contributed by atoms with Crippen molar-refractivity contribution in [3.05, 3.63) is 5.92 Å². The van der Waals surface area contributed by atoms with E-state index >= 15 is 0 Å². The van der Waals surface area contributed by atoms with E-state index in [9.17, 15) is 5.11 Å². The molecule has 0 N–H and O–H groups in total. The molecule has 0 unspecified atom stereocenters. The molecule has 0 aliphatic rings. The van der Waals surface area contributed by atoms with Gasteiger partial charge in [0.15, 0.2) is 0 Å². The summed E-state index contributed by atoms with van der Waals surface area (Å²) in [5.41, 5.74) is 0. The number of hydrogen-bond acceptors (Lipinski definition) is 1. The van der Waals surface area contributed by atoms with Crippen molar-refractivity contribution >= 4 is 23.1 Å². The molecule has 2 heteroatoms. The van der Waals surface area contributed by atoms with Crippen molar-refractivity contribution in [2.75, 3.05) is 6.61 Å². The molecule has 0 amide bonds. The molecule has 0 spiro atoms. The third kappa shape index (κ3) is 132. The van der Waals surface area contributed by atoms with E-state index in [1.165, 1.54) is 5.92 Å². The predicted octanol–water partition coefficient (Wildman–Crippen LogP) is 0.996. The van der Waals surface area contributed by atoms with Crippen LogP contribution in [0.2, 0.25) is 0 Å². The average molecular weight is 141 g/mol. The van der Waals surface area contributed by atoms with Crippen LogP contribution in [-0.2, 0) is 0 Å². The third-order valence-electron chi connectivity index (χ3n) is 0.204. The van der Waals surface area contributed by atoms with Gasteiger partial charge in [0.05, 0.1) is 0 Å². The molecule has 9 heavy (non-hydrogen) atoms. The Morgan fingerprint density at radius 3 is 1.33 bits per heavy atom. The van der Waals surface area contributed by atoms with Crippen LogP contribution < -0.4 is 5.11 Å². The summed E-state index contributed by atoms with van der Waals surface area (Å²) >= 11 is 0. The first-order valence-electron chi connectivity index (χ1n) is 3.00. The van der Waals surface area contributed by atoms with E-state index in [2.05, 4.69) is 20.8 Å². The van der Waals surface area contributed by atoms with E-state index in [1.54, 1.807) is 0 Å². The standard InChI is InChI=1S/C4H9.C3H7O.Mg/c1-4(2)3;1-2-3-4;/h1-3H3;2-3H2,1H3;/q2*-1;+2. The van der Waals surface area contributed by atoms with Crippen LogP contribution in [0.25, 0.3) is 0 Å². The summed E-state index contributed by atoms with van der Waals surface area (Å²) in [7, 11) is 0. The molecular weight excluding hydrogens is 124 g/mol. The fourth-order valence-electron chi connectivity index (χ4n) is 0. The monoisotopic (exact) mass is 140 g/mol. The first kappa shape index (κ1) is 16.4. The minimum atomic E-state index is 0. The van der Waals surface area contributed by atoms with Crippen LogP contribution in [0.5, 0.6) is 0 Å². The Balaban J connectivity index is -0.0000000720. The van der Waals surface area contributed by atoms with Gasteiger partial charge in [0.2, 0.25) is 0 Å². The van der Waals surface area contributed by atoms with Crippen molar-refractivity contribution in [2.24, 2.45) is 0 Å². The second kappa shape index (κ2) is 15.9. The van der Waals surface area contributed by atoms with Crippen molar-refractivity contribution in [3.8, 4) is 0 Å². The van der Waals surface area contributed by atoms with Crippen LogP contribution in [0.4, 0.5) is 0 Å². The molecule has 0 aliphatic heterocycles. The zero-order chi connectivity index (χ0) is 6.99. The Kier molecular flexibility index (Phi) is 28.9. The Bertz CT molecular complexity index is 25.3. The summed E-state index contributed by atoms with van der Waals surface area (Å²) in [5.74, 6) is 1.42. The first-order valence-corrected chi connectivity index (χ1v) is 3.00. The smallest absolute Gasteiger partial charge is 0.854 e. The Labute approximate surface area is 75.0 Å². The molecule has 0 aromatic heterocycles. The van der Waals surface area contributed by atoms with Gasteiger partial charge in [-0.15, -0.1) is 6.61 Å². The van der Waals surface area contributed by atoms with Crippen LogP contribution in [-0.4, -0.2) is 29.7 Å². The second-order valence-electron chi connectivity index (χ2n) is 2.20. The summed E-state index contributed by atoms with van der Waals surface area (Å²) in [4.78, 5) is 0. The topological polar surface area (TPSA) is 23.1 Å². The zero-order valence-corrected chi connectivity index (χ0v) is 8.44. The van der Waals surface area contributed by atoms with Crippen LogP contribution in [0.1, 0.15) is 34.1 Å². The van der Waals surface area contributed by atoms with Crippen molar-refractivity contribution < 1.29 is 5.11 Å². The van der Waals surface area contributed by atoms with Crippen molar-refractivity contribution in [3.63, 3.8) is 0 Å². The molecule has 0 bridgehead atoms. The molecular formula is C7H16MgO. The van der Waals surface area contributed by atoms with Gasteiger partial charge in [-0.2, -0.15) is 20.8 Å². The van der Waals surface area contributed by atoms with E-state index in [0.29, 0.717) is 0 Å². The van der Waals surface area contributed by atoms with Gasteiger partial charge in [0.25, 0.3) is 0 Å². The van der Waals surface area contributed by atoms with Gasteiger partial charge in [0.1, 0.15) is 0 Å². The average Bonchev–Trinajstić information content (AvgIpc) is 1.65. The summed E-state index contributed by atoms with van der Waals surface area (Å²) < 4.78 is 0. The van der Waals surface area contributed by atoms with Gasteiger partial charge < -0.3 is 11.0 Å². The van der Waals surface area contributed by atoms with Crippen LogP contribution in [0.3, 0.4) is 0 Å². The SMILES string of the molecule is CCC[O-].C[C-](C)C.[Mg+2]. The molecule has 0 fully saturated rings. The molecule has 0 aliphatic carbocycles. The minimum Gasteiger partial charge on any atom is -0.854 e. The van der Waals surface area contributed by atoms with Crippen LogP contribution >= 0.6 is 0 Å². The fourth-order valence-corrected chi connectivity index (χ4v) is 0. The van der Waals surface area contributed by atoms with Crippen molar-refractivity contribution in [1.29, 1.82) is 0 Å². The molecule has 0 saturated carbocycles. The van der Waals surface area contributed by atoms with Gasteiger partial charge in [-0.25, -0.2) is 0 Å². The molecule has 0 heterocycles. The molecule has 1 nitrogen and oxygen atoms in total. The molecule has 52 valence electrons. The van der Waals surface area contributed by atoms with E-state index in [-0.39, 0.29) is 29.7 Å². The van der Waals surface area contributed by atoms with Crippen molar-refractivity contribution in [1.82, 2.24) is 0 Å². The maximum atomic E-state index is 9.30. The maximum Gasteiger partial charge on any atom is 2.00 e. The third-order valence-corrected chi connectivity index (χ3v) is 0.204. The molecule has 0 rings (SSSR count). The van der Waals surface area contributed by atoms with E-state index < -0.39 is 0 Å². The van der Waals surface area contributed by atoms with Crippen molar-refractivity contribution in [2.45, 2.75) is 34.1 Å². The Morgan fingerprint density at radius 2 is 1.33 bits per heavy atom. The second-order valence-corrected chi connectivity index (χ2v) is 2.20. The first-order chi connectivity index (χ1) is 3.65. The minimum absolute atomic E-state index is 0. The largest absolute Gasteiger partial charge is 2.00 e.